The van der Waals surface area contributed by atoms with E-state index >= 15 is 0 Å². The van der Waals surface area contributed by atoms with Crippen LogP contribution in [-0.4, -0.2) is 18.3 Å². The lowest BCUT2D eigenvalue weighted by Gasteiger charge is -2.18. The number of hydrogen-bond acceptors (Lipinski definition) is 3. The summed E-state index contributed by atoms with van der Waals surface area (Å²) in [6.45, 7) is 5.56. The van der Waals surface area contributed by atoms with Crippen LogP contribution in [0.4, 0.5) is 0 Å². The van der Waals surface area contributed by atoms with Crippen molar-refractivity contribution in [3.63, 3.8) is 0 Å². The Hall–Kier alpha value is -1.22. The average molecular weight is 278 g/mol. The summed E-state index contributed by atoms with van der Waals surface area (Å²) < 4.78 is 11.6. The van der Waals surface area contributed by atoms with E-state index in [1.807, 2.05) is 6.07 Å². The van der Waals surface area contributed by atoms with Gasteiger partial charge in [0.2, 0.25) is 0 Å². The first kappa shape index (κ1) is 15.2. The van der Waals surface area contributed by atoms with Crippen LogP contribution >= 0.6 is 0 Å². The van der Waals surface area contributed by atoms with E-state index in [-0.39, 0.29) is 6.10 Å². The molecule has 0 heterocycles. The van der Waals surface area contributed by atoms with Crippen molar-refractivity contribution >= 4 is 0 Å². The van der Waals surface area contributed by atoms with Gasteiger partial charge in [0.05, 0.1) is 19.3 Å². The van der Waals surface area contributed by atoms with Crippen molar-refractivity contribution < 1.29 is 14.6 Å². The number of rotatable bonds is 6. The van der Waals surface area contributed by atoms with Crippen LogP contribution in [0.2, 0.25) is 0 Å². The van der Waals surface area contributed by atoms with E-state index in [0.29, 0.717) is 13.2 Å². The highest BCUT2D eigenvalue weighted by molar-refractivity contribution is 5.48. The SMILES string of the molecule is CCCOc1cc2c(cc1OCCC)[C@H](O)CCCC2. The monoisotopic (exact) mass is 278 g/mol. The lowest BCUT2D eigenvalue weighted by atomic mass is 10.00. The highest BCUT2D eigenvalue weighted by atomic mass is 16.5. The molecule has 1 aromatic carbocycles. The summed E-state index contributed by atoms with van der Waals surface area (Å²) in [6, 6.07) is 4.07. The van der Waals surface area contributed by atoms with Gasteiger partial charge >= 0.3 is 0 Å². The molecule has 2 rings (SSSR count). The molecule has 3 heteroatoms. The molecular weight excluding hydrogens is 252 g/mol. The van der Waals surface area contributed by atoms with Crippen LogP contribution in [0.25, 0.3) is 0 Å². The molecule has 0 saturated heterocycles. The Morgan fingerprint density at radius 2 is 1.70 bits per heavy atom. The molecule has 1 N–H and O–H groups in total. The van der Waals surface area contributed by atoms with Crippen LogP contribution < -0.4 is 9.47 Å². The maximum atomic E-state index is 10.3. The summed E-state index contributed by atoms with van der Waals surface area (Å²) in [7, 11) is 0. The Balaban J connectivity index is 2.31. The quantitative estimate of drug-likeness (QED) is 0.799. The van der Waals surface area contributed by atoms with Crippen LogP contribution in [-0.2, 0) is 6.42 Å². The summed E-state index contributed by atoms with van der Waals surface area (Å²) in [5, 5.41) is 10.3. The predicted octanol–water partition coefficient (Wildman–Crippen LogP) is 4.02. The van der Waals surface area contributed by atoms with Crippen molar-refractivity contribution in [2.75, 3.05) is 13.2 Å². The molecule has 0 aromatic heterocycles. The second kappa shape index (κ2) is 7.53. The standard InChI is InChI=1S/C17H26O3/c1-3-9-19-16-11-13-7-5-6-8-15(18)14(13)12-17(16)20-10-4-2/h11-12,15,18H,3-10H2,1-2H3/t15-/m1/s1. The van der Waals surface area contributed by atoms with Gasteiger partial charge in [0.15, 0.2) is 11.5 Å². The smallest absolute Gasteiger partial charge is 0.161 e. The fraction of sp³-hybridized carbons (Fsp3) is 0.647. The predicted molar refractivity (Wildman–Crippen MR) is 80.5 cm³/mol. The number of hydrogen-bond donors (Lipinski definition) is 1. The van der Waals surface area contributed by atoms with Crippen molar-refractivity contribution in [2.24, 2.45) is 0 Å². The first-order valence-corrected chi connectivity index (χ1v) is 7.86. The number of aliphatic hydroxyl groups excluding tert-OH is 1. The van der Waals surface area contributed by atoms with Gasteiger partial charge in [-0.25, -0.2) is 0 Å². The lowest BCUT2D eigenvalue weighted by Crippen LogP contribution is -2.05. The summed E-state index contributed by atoms with van der Waals surface area (Å²) in [5.41, 5.74) is 2.24. The Morgan fingerprint density at radius 1 is 1.05 bits per heavy atom. The first-order chi connectivity index (χ1) is 9.76. The molecule has 20 heavy (non-hydrogen) atoms. The normalized spacial score (nSPS) is 18.2. The number of aliphatic hydroxyl groups is 1. The summed E-state index contributed by atoms with van der Waals surface area (Å²) >= 11 is 0. The van der Waals surface area contributed by atoms with Crippen LogP contribution in [0.3, 0.4) is 0 Å². The van der Waals surface area contributed by atoms with E-state index in [0.717, 1.165) is 55.6 Å². The molecule has 0 saturated carbocycles. The van der Waals surface area contributed by atoms with Gasteiger partial charge in [-0.2, -0.15) is 0 Å². The number of benzene rings is 1. The average Bonchev–Trinajstić information content (AvgIpc) is 2.64. The first-order valence-electron chi connectivity index (χ1n) is 7.86. The molecule has 1 aromatic rings. The van der Waals surface area contributed by atoms with Gasteiger partial charge in [-0.05, 0) is 55.4 Å². The van der Waals surface area contributed by atoms with Gasteiger partial charge in [0.1, 0.15) is 0 Å². The van der Waals surface area contributed by atoms with Crippen molar-refractivity contribution in [1.82, 2.24) is 0 Å². The largest absolute Gasteiger partial charge is 0.490 e. The number of aryl methyl sites for hydroxylation is 1. The van der Waals surface area contributed by atoms with Crippen molar-refractivity contribution in [3.05, 3.63) is 23.3 Å². The maximum absolute atomic E-state index is 10.3. The zero-order valence-corrected chi connectivity index (χ0v) is 12.7. The van der Waals surface area contributed by atoms with Gasteiger partial charge in [0.25, 0.3) is 0 Å². The molecule has 112 valence electrons. The molecule has 0 bridgehead atoms. The van der Waals surface area contributed by atoms with Crippen LogP contribution in [0, 0.1) is 0 Å². The molecular formula is C17H26O3. The van der Waals surface area contributed by atoms with Crippen LogP contribution in [0.1, 0.15) is 63.2 Å². The minimum Gasteiger partial charge on any atom is -0.490 e. The zero-order chi connectivity index (χ0) is 14.4. The van der Waals surface area contributed by atoms with Crippen molar-refractivity contribution in [1.29, 1.82) is 0 Å². The van der Waals surface area contributed by atoms with E-state index in [1.54, 1.807) is 0 Å². The van der Waals surface area contributed by atoms with Crippen molar-refractivity contribution in [3.8, 4) is 11.5 Å². The molecule has 1 atom stereocenters. The van der Waals surface area contributed by atoms with E-state index in [1.165, 1.54) is 5.56 Å². The molecule has 1 aliphatic carbocycles. The number of ether oxygens (including phenoxy) is 2. The van der Waals surface area contributed by atoms with Crippen LogP contribution in [0.5, 0.6) is 11.5 Å². The molecule has 0 aliphatic heterocycles. The third-order valence-corrected chi connectivity index (χ3v) is 3.66. The molecule has 1 aliphatic rings. The topological polar surface area (TPSA) is 38.7 Å². The Bertz CT molecular complexity index is 428. The zero-order valence-electron chi connectivity index (χ0n) is 12.7. The highest BCUT2D eigenvalue weighted by Gasteiger charge is 2.20. The second-order valence-electron chi connectivity index (χ2n) is 5.46. The minimum absolute atomic E-state index is 0.364. The highest BCUT2D eigenvalue weighted by Crippen LogP contribution is 2.37. The number of fused-ring (bicyclic) bond motifs is 1. The van der Waals surface area contributed by atoms with E-state index in [9.17, 15) is 5.11 Å². The van der Waals surface area contributed by atoms with Gasteiger partial charge in [-0.3, -0.25) is 0 Å². The maximum Gasteiger partial charge on any atom is 0.161 e. The summed E-state index contributed by atoms with van der Waals surface area (Å²) in [4.78, 5) is 0. The Kier molecular flexibility index (Phi) is 5.72. The fourth-order valence-corrected chi connectivity index (χ4v) is 2.60. The van der Waals surface area contributed by atoms with Crippen LogP contribution in [0.15, 0.2) is 12.1 Å². The molecule has 3 nitrogen and oxygen atoms in total. The second-order valence-corrected chi connectivity index (χ2v) is 5.46. The van der Waals surface area contributed by atoms with Gasteiger partial charge in [0, 0.05) is 0 Å². The molecule has 0 radical (unpaired) electrons. The molecule has 0 fully saturated rings. The van der Waals surface area contributed by atoms with E-state index in [4.69, 9.17) is 9.47 Å². The lowest BCUT2D eigenvalue weighted by molar-refractivity contribution is 0.165. The summed E-state index contributed by atoms with van der Waals surface area (Å²) in [6.07, 6.45) is 5.65. The fourth-order valence-electron chi connectivity index (χ4n) is 2.60. The van der Waals surface area contributed by atoms with E-state index in [2.05, 4.69) is 19.9 Å². The van der Waals surface area contributed by atoms with E-state index < -0.39 is 0 Å². The van der Waals surface area contributed by atoms with Gasteiger partial charge in [-0.1, -0.05) is 20.3 Å². The third kappa shape index (κ3) is 3.66. The summed E-state index contributed by atoms with van der Waals surface area (Å²) in [5.74, 6) is 1.60. The molecule has 0 unspecified atom stereocenters. The van der Waals surface area contributed by atoms with Gasteiger partial charge in [-0.15, -0.1) is 0 Å². The molecule has 0 amide bonds. The Labute approximate surface area is 121 Å². The van der Waals surface area contributed by atoms with Gasteiger partial charge < -0.3 is 14.6 Å². The third-order valence-electron chi connectivity index (χ3n) is 3.66. The Morgan fingerprint density at radius 3 is 2.35 bits per heavy atom. The van der Waals surface area contributed by atoms with Crippen molar-refractivity contribution in [2.45, 2.75) is 58.5 Å². The molecule has 0 spiro atoms. The minimum atomic E-state index is -0.364.